The van der Waals surface area contributed by atoms with Crippen molar-refractivity contribution in [3.63, 3.8) is 0 Å². The molecular weight excluding hydrogens is 266 g/mol. The van der Waals surface area contributed by atoms with Gasteiger partial charge in [-0.05, 0) is 31.7 Å². The highest BCUT2D eigenvalue weighted by Crippen LogP contribution is 2.25. The summed E-state index contributed by atoms with van der Waals surface area (Å²) in [5.41, 5.74) is 0. The van der Waals surface area contributed by atoms with Gasteiger partial charge in [-0.3, -0.25) is 0 Å². The van der Waals surface area contributed by atoms with Crippen LogP contribution in [0.25, 0.3) is 0 Å². The summed E-state index contributed by atoms with van der Waals surface area (Å²) in [6.07, 6.45) is 0.373. The molecule has 0 fully saturated rings. The van der Waals surface area contributed by atoms with E-state index in [2.05, 4.69) is 21.7 Å². The molecule has 4 nitrogen and oxygen atoms in total. The van der Waals surface area contributed by atoms with Gasteiger partial charge in [-0.2, -0.15) is 0 Å². The third kappa shape index (κ3) is 3.13. The molecule has 2 aromatic rings. The van der Waals surface area contributed by atoms with Crippen LogP contribution in [0.5, 0.6) is 0 Å². The van der Waals surface area contributed by atoms with Crippen LogP contribution in [0.3, 0.4) is 0 Å². The molecule has 6 heteroatoms. The Balaban J connectivity index is 1.85. The molecule has 0 aliphatic rings. The van der Waals surface area contributed by atoms with E-state index in [4.69, 9.17) is 0 Å². The van der Waals surface area contributed by atoms with Crippen molar-refractivity contribution in [2.75, 3.05) is 5.75 Å². The van der Waals surface area contributed by atoms with E-state index in [-0.39, 0.29) is 6.10 Å². The predicted molar refractivity (Wildman–Crippen MR) is 75.1 cm³/mol. The minimum atomic E-state index is -0.364. The van der Waals surface area contributed by atoms with Crippen molar-refractivity contribution >= 4 is 23.1 Å². The number of aliphatic hydroxyl groups is 1. The molecule has 0 aromatic carbocycles. The van der Waals surface area contributed by atoms with Crippen molar-refractivity contribution in [3.05, 3.63) is 28.2 Å². The molecule has 0 bridgehead atoms. The molecule has 2 rings (SSSR count). The number of hydrogen-bond acceptors (Lipinski definition) is 5. The van der Waals surface area contributed by atoms with Crippen LogP contribution in [0.1, 0.15) is 30.2 Å². The Hall–Kier alpha value is -0.850. The molecule has 0 saturated carbocycles. The van der Waals surface area contributed by atoms with E-state index in [9.17, 15) is 5.11 Å². The second-order valence-corrected chi connectivity index (χ2v) is 5.98. The van der Waals surface area contributed by atoms with Gasteiger partial charge in [-0.1, -0.05) is 17.8 Å². The zero-order chi connectivity index (χ0) is 13.0. The Morgan fingerprint density at radius 3 is 3.00 bits per heavy atom. The van der Waals surface area contributed by atoms with Crippen LogP contribution < -0.4 is 0 Å². The van der Waals surface area contributed by atoms with E-state index >= 15 is 0 Å². The lowest BCUT2D eigenvalue weighted by atomic mass is 10.2. The summed E-state index contributed by atoms with van der Waals surface area (Å²) >= 11 is 3.25. The first kappa shape index (κ1) is 13.6. The number of thioether (sulfide) groups is 1. The van der Waals surface area contributed by atoms with Crippen LogP contribution in [0.15, 0.2) is 22.7 Å². The van der Waals surface area contributed by atoms with Crippen LogP contribution >= 0.6 is 23.1 Å². The Kier molecular flexibility index (Phi) is 4.79. The maximum atomic E-state index is 9.97. The van der Waals surface area contributed by atoms with Gasteiger partial charge in [0, 0.05) is 17.2 Å². The van der Waals surface area contributed by atoms with Crippen molar-refractivity contribution in [2.45, 2.75) is 38.1 Å². The first-order chi connectivity index (χ1) is 8.72. The number of nitrogens with zero attached hydrogens (tertiary/aromatic N) is 3. The smallest absolute Gasteiger partial charge is 0.191 e. The standard InChI is InChI=1S/C12H17N3OS2/c1-3-15-9(2)13-14-12(15)18-8-6-10(16)11-5-4-7-17-11/h4-5,7,10,16H,3,6,8H2,1-2H3. The number of thiophene rings is 1. The van der Waals surface area contributed by atoms with Gasteiger partial charge in [0.15, 0.2) is 5.16 Å². The van der Waals surface area contributed by atoms with Gasteiger partial charge in [0.25, 0.3) is 0 Å². The number of hydrogen-bond donors (Lipinski definition) is 1. The maximum Gasteiger partial charge on any atom is 0.191 e. The summed E-state index contributed by atoms with van der Waals surface area (Å²) in [6, 6.07) is 3.94. The summed E-state index contributed by atoms with van der Waals surface area (Å²) in [5.74, 6) is 1.79. The Morgan fingerprint density at radius 1 is 1.50 bits per heavy atom. The molecule has 1 atom stereocenters. The van der Waals surface area contributed by atoms with Crippen LogP contribution in [-0.2, 0) is 6.54 Å². The minimum Gasteiger partial charge on any atom is -0.388 e. The first-order valence-electron chi connectivity index (χ1n) is 5.96. The molecule has 0 aliphatic carbocycles. The van der Waals surface area contributed by atoms with E-state index in [1.807, 2.05) is 24.4 Å². The van der Waals surface area contributed by atoms with Crippen molar-refractivity contribution in [1.29, 1.82) is 0 Å². The zero-order valence-corrected chi connectivity index (χ0v) is 12.2. The fourth-order valence-electron chi connectivity index (χ4n) is 1.72. The summed E-state index contributed by atoms with van der Waals surface area (Å²) < 4.78 is 2.09. The molecule has 1 N–H and O–H groups in total. The lowest BCUT2D eigenvalue weighted by Crippen LogP contribution is -2.01. The number of rotatable bonds is 6. The molecule has 0 saturated heterocycles. The second kappa shape index (κ2) is 6.36. The highest BCUT2D eigenvalue weighted by atomic mass is 32.2. The van der Waals surface area contributed by atoms with Crippen LogP contribution in [0.4, 0.5) is 0 Å². The minimum absolute atomic E-state index is 0.364. The van der Waals surface area contributed by atoms with Gasteiger partial charge >= 0.3 is 0 Å². The van der Waals surface area contributed by atoms with Gasteiger partial charge < -0.3 is 9.67 Å². The van der Waals surface area contributed by atoms with Crippen LogP contribution in [0.2, 0.25) is 0 Å². The van der Waals surface area contributed by atoms with Crippen LogP contribution in [0, 0.1) is 6.92 Å². The van der Waals surface area contributed by atoms with Gasteiger partial charge in [0.2, 0.25) is 0 Å². The van der Waals surface area contributed by atoms with Crippen molar-refractivity contribution in [2.24, 2.45) is 0 Å². The lowest BCUT2D eigenvalue weighted by Gasteiger charge is -2.08. The third-order valence-corrected chi connectivity index (χ3v) is 4.69. The van der Waals surface area contributed by atoms with E-state index in [0.29, 0.717) is 0 Å². The SMILES string of the molecule is CCn1c(C)nnc1SCCC(O)c1cccs1. The van der Waals surface area contributed by atoms with Crippen molar-refractivity contribution < 1.29 is 5.11 Å². The zero-order valence-electron chi connectivity index (χ0n) is 10.5. The highest BCUT2D eigenvalue weighted by Gasteiger charge is 2.11. The molecule has 98 valence electrons. The third-order valence-electron chi connectivity index (χ3n) is 2.71. The van der Waals surface area contributed by atoms with E-state index in [1.165, 1.54) is 0 Å². The van der Waals surface area contributed by atoms with E-state index in [0.717, 1.165) is 34.6 Å². The predicted octanol–water partition coefficient (Wildman–Crippen LogP) is 2.88. The Labute approximate surface area is 115 Å². The monoisotopic (exact) mass is 283 g/mol. The number of aryl methyl sites for hydroxylation is 1. The number of aromatic nitrogens is 3. The van der Waals surface area contributed by atoms with Gasteiger partial charge in [0.1, 0.15) is 5.82 Å². The summed E-state index contributed by atoms with van der Waals surface area (Å²) in [7, 11) is 0. The van der Waals surface area contributed by atoms with Gasteiger partial charge in [0.05, 0.1) is 6.10 Å². The lowest BCUT2D eigenvalue weighted by molar-refractivity contribution is 0.179. The molecule has 1 unspecified atom stereocenters. The number of aliphatic hydroxyl groups excluding tert-OH is 1. The normalized spacial score (nSPS) is 12.8. The Bertz CT molecular complexity index is 481. The van der Waals surface area contributed by atoms with Gasteiger partial charge in [-0.15, -0.1) is 21.5 Å². The first-order valence-corrected chi connectivity index (χ1v) is 7.83. The highest BCUT2D eigenvalue weighted by molar-refractivity contribution is 7.99. The fourth-order valence-corrected chi connectivity index (χ4v) is 3.50. The summed E-state index contributed by atoms with van der Waals surface area (Å²) in [5, 5.41) is 21.1. The van der Waals surface area contributed by atoms with Crippen LogP contribution in [-0.4, -0.2) is 25.6 Å². The molecule has 0 amide bonds. The summed E-state index contributed by atoms with van der Waals surface area (Å²) in [4.78, 5) is 1.03. The second-order valence-electron chi connectivity index (χ2n) is 3.94. The molecule has 0 spiro atoms. The largest absolute Gasteiger partial charge is 0.388 e. The van der Waals surface area contributed by atoms with E-state index < -0.39 is 0 Å². The summed E-state index contributed by atoms with van der Waals surface area (Å²) in [6.45, 7) is 4.93. The average Bonchev–Trinajstić information content (AvgIpc) is 2.99. The molecule has 0 aliphatic heterocycles. The average molecular weight is 283 g/mol. The molecular formula is C12H17N3OS2. The molecule has 2 aromatic heterocycles. The fraction of sp³-hybridized carbons (Fsp3) is 0.500. The quantitative estimate of drug-likeness (QED) is 0.828. The molecule has 2 heterocycles. The van der Waals surface area contributed by atoms with Gasteiger partial charge in [-0.25, -0.2) is 0 Å². The van der Waals surface area contributed by atoms with Crippen molar-refractivity contribution in [3.8, 4) is 0 Å². The van der Waals surface area contributed by atoms with E-state index in [1.54, 1.807) is 23.1 Å². The molecule has 18 heavy (non-hydrogen) atoms. The van der Waals surface area contributed by atoms with Crippen molar-refractivity contribution in [1.82, 2.24) is 14.8 Å². The molecule has 0 radical (unpaired) electrons. The Morgan fingerprint density at radius 2 is 2.33 bits per heavy atom. The topological polar surface area (TPSA) is 50.9 Å². The maximum absolute atomic E-state index is 9.97.